The molecule has 0 bridgehead atoms. The van der Waals surface area contributed by atoms with Gasteiger partial charge in [0.2, 0.25) is 0 Å². The second-order valence-electron chi connectivity index (χ2n) is 3.33. The largest absolute Gasteiger partial charge is 0.506 e. The van der Waals surface area contributed by atoms with Gasteiger partial charge in [0.1, 0.15) is 5.75 Å². The molecule has 0 aromatic heterocycles. The minimum atomic E-state index is -0.193. The van der Waals surface area contributed by atoms with Crippen LogP contribution in [0.5, 0.6) is 5.75 Å². The normalized spacial score (nSPS) is 10.1. The molecular weight excluding hydrogens is 224 g/mol. The van der Waals surface area contributed by atoms with Gasteiger partial charge in [-0.2, -0.15) is 0 Å². The van der Waals surface area contributed by atoms with E-state index in [4.69, 9.17) is 11.6 Å². The molecule has 80 valence electrons. The van der Waals surface area contributed by atoms with Crippen molar-refractivity contribution in [2.75, 3.05) is 0 Å². The summed E-state index contributed by atoms with van der Waals surface area (Å²) < 4.78 is 0. The fraction of sp³-hybridized carbons (Fsp3) is 0. The molecule has 0 atom stereocenters. The number of carbonyl (C=O) groups is 1. The fourth-order valence-electron chi connectivity index (χ4n) is 1.44. The third-order valence-electron chi connectivity index (χ3n) is 2.26. The average Bonchev–Trinajstić information content (AvgIpc) is 2.33. The molecule has 2 nitrogen and oxygen atoms in total. The quantitative estimate of drug-likeness (QED) is 0.807. The highest BCUT2D eigenvalue weighted by atomic mass is 35.5. The number of phenolic OH excluding ortho intramolecular Hbond substituents is 1. The van der Waals surface area contributed by atoms with Crippen molar-refractivity contribution in [2.45, 2.75) is 0 Å². The molecule has 0 aliphatic heterocycles. The van der Waals surface area contributed by atoms with Crippen LogP contribution in [0.3, 0.4) is 0 Å². The topological polar surface area (TPSA) is 37.3 Å². The molecule has 0 spiro atoms. The van der Waals surface area contributed by atoms with E-state index in [0.717, 1.165) is 0 Å². The van der Waals surface area contributed by atoms with Gasteiger partial charge in [-0.25, -0.2) is 0 Å². The number of rotatable bonds is 2. The summed E-state index contributed by atoms with van der Waals surface area (Å²) in [4.78, 5) is 12.0. The van der Waals surface area contributed by atoms with E-state index in [2.05, 4.69) is 0 Å². The molecule has 0 unspecified atom stereocenters. The van der Waals surface area contributed by atoms with Crippen LogP contribution in [0.4, 0.5) is 0 Å². The van der Waals surface area contributed by atoms with E-state index >= 15 is 0 Å². The predicted octanol–water partition coefficient (Wildman–Crippen LogP) is 3.28. The Balaban J connectivity index is 2.46. The standard InChI is InChI=1S/C13H9ClO2/c14-12-10(7-4-8-11(12)15)13(16)9-5-2-1-3-6-9/h1-8,15H. The Morgan fingerprint density at radius 3 is 2.38 bits per heavy atom. The molecule has 0 radical (unpaired) electrons. The van der Waals surface area contributed by atoms with Gasteiger partial charge in [0.25, 0.3) is 0 Å². The van der Waals surface area contributed by atoms with Crippen LogP contribution in [0.1, 0.15) is 15.9 Å². The number of ketones is 1. The molecular formula is C13H9ClO2. The Morgan fingerprint density at radius 1 is 1.00 bits per heavy atom. The molecule has 0 aliphatic rings. The van der Waals surface area contributed by atoms with E-state index < -0.39 is 0 Å². The van der Waals surface area contributed by atoms with Crippen LogP contribution in [0.15, 0.2) is 48.5 Å². The third kappa shape index (κ3) is 1.92. The van der Waals surface area contributed by atoms with Crippen molar-refractivity contribution < 1.29 is 9.90 Å². The van der Waals surface area contributed by atoms with Crippen LogP contribution in [0.25, 0.3) is 0 Å². The Hall–Kier alpha value is -1.80. The van der Waals surface area contributed by atoms with E-state index in [1.54, 1.807) is 36.4 Å². The van der Waals surface area contributed by atoms with Crippen LogP contribution < -0.4 is 0 Å². The molecule has 2 aromatic rings. The first-order chi connectivity index (χ1) is 7.70. The second-order valence-corrected chi connectivity index (χ2v) is 3.71. The van der Waals surface area contributed by atoms with E-state index in [-0.39, 0.29) is 16.6 Å². The van der Waals surface area contributed by atoms with Gasteiger partial charge in [0.05, 0.1) is 5.02 Å². The van der Waals surface area contributed by atoms with Gasteiger partial charge in [0, 0.05) is 11.1 Å². The predicted molar refractivity (Wildman–Crippen MR) is 63.0 cm³/mol. The number of hydrogen-bond acceptors (Lipinski definition) is 2. The van der Waals surface area contributed by atoms with Crippen molar-refractivity contribution >= 4 is 17.4 Å². The lowest BCUT2D eigenvalue weighted by molar-refractivity contribution is 0.103. The number of aromatic hydroxyl groups is 1. The van der Waals surface area contributed by atoms with Gasteiger partial charge < -0.3 is 5.11 Å². The third-order valence-corrected chi connectivity index (χ3v) is 2.66. The zero-order chi connectivity index (χ0) is 11.5. The summed E-state index contributed by atoms with van der Waals surface area (Å²) in [6.07, 6.45) is 0. The summed E-state index contributed by atoms with van der Waals surface area (Å²) >= 11 is 5.87. The number of benzene rings is 2. The molecule has 3 heteroatoms. The molecule has 0 heterocycles. The zero-order valence-corrected chi connectivity index (χ0v) is 9.11. The van der Waals surface area contributed by atoms with Crippen LogP contribution >= 0.6 is 11.6 Å². The Kier molecular flexibility index (Phi) is 2.93. The number of phenols is 1. The monoisotopic (exact) mass is 232 g/mol. The van der Waals surface area contributed by atoms with Crippen molar-refractivity contribution in [1.82, 2.24) is 0 Å². The summed E-state index contributed by atoms with van der Waals surface area (Å²) in [6, 6.07) is 13.5. The molecule has 16 heavy (non-hydrogen) atoms. The van der Waals surface area contributed by atoms with E-state index in [1.165, 1.54) is 6.07 Å². The Morgan fingerprint density at radius 2 is 1.69 bits per heavy atom. The van der Waals surface area contributed by atoms with Crippen molar-refractivity contribution in [3.8, 4) is 5.75 Å². The van der Waals surface area contributed by atoms with Gasteiger partial charge in [-0.15, -0.1) is 0 Å². The van der Waals surface area contributed by atoms with Crippen LogP contribution in [-0.2, 0) is 0 Å². The van der Waals surface area contributed by atoms with Gasteiger partial charge in [-0.3, -0.25) is 4.79 Å². The van der Waals surface area contributed by atoms with E-state index in [1.807, 2.05) is 6.07 Å². The van der Waals surface area contributed by atoms with Gasteiger partial charge in [0.15, 0.2) is 5.78 Å². The van der Waals surface area contributed by atoms with Gasteiger partial charge >= 0.3 is 0 Å². The van der Waals surface area contributed by atoms with Crippen molar-refractivity contribution in [3.05, 3.63) is 64.7 Å². The maximum Gasteiger partial charge on any atom is 0.194 e. The molecule has 0 amide bonds. The fourth-order valence-corrected chi connectivity index (χ4v) is 1.65. The lowest BCUT2D eigenvalue weighted by Crippen LogP contribution is -2.01. The summed E-state index contributed by atoms with van der Waals surface area (Å²) in [5, 5.41) is 9.51. The zero-order valence-electron chi connectivity index (χ0n) is 8.35. The highest BCUT2D eigenvalue weighted by Crippen LogP contribution is 2.28. The molecule has 0 saturated heterocycles. The van der Waals surface area contributed by atoms with E-state index in [0.29, 0.717) is 11.1 Å². The van der Waals surface area contributed by atoms with E-state index in [9.17, 15) is 9.90 Å². The lowest BCUT2D eigenvalue weighted by Gasteiger charge is -2.04. The first kappa shape index (κ1) is 10.7. The average molecular weight is 233 g/mol. The van der Waals surface area contributed by atoms with Crippen LogP contribution in [0, 0.1) is 0 Å². The van der Waals surface area contributed by atoms with Gasteiger partial charge in [-0.1, -0.05) is 48.0 Å². The van der Waals surface area contributed by atoms with Crippen LogP contribution in [0.2, 0.25) is 5.02 Å². The smallest absolute Gasteiger partial charge is 0.194 e. The maximum absolute atomic E-state index is 12.0. The molecule has 0 saturated carbocycles. The first-order valence-corrected chi connectivity index (χ1v) is 5.15. The second kappa shape index (κ2) is 4.37. The minimum absolute atomic E-state index is 0.0801. The van der Waals surface area contributed by atoms with Gasteiger partial charge in [-0.05, 0) is 12.1 Å². The SMILES string of the molecule is O=C(c1ccccc1)c1cccc(O)c1Cl. The Labute approximate surface area is 98.1 Å². The van der Waals surface area contributed by atoms with Crippen molar-refractivity contribution in [1.29, 1.82) is 0 Å². The lowest BCUT2D eigenvalue weighted by atomic mass is 10.0. The van der Waals surface area contributed by atoms with Crippen molar-refractivity contribution in [2.24, 2.45) is 0 Å². The summed E-state index contributed by atoms with van der Waals surface area (Å²) in [5.41, 5.74) is 0.864. The molecule has 1 N–H and O–H groups in total. The highest BCUT2D eigenvalue weighted by molar-refractivity contribution is 6.36. The number of carbonyl (C=O) groups excluding carboxylic acids is 1. The number of halogens is 1. The summed E-state index contributed by atoms with van der Waals surface area (Å²) in [5.74, 6) is -0.273. The summed E-state index contributed by atoms with van der Waals surface area (Å²) in [6.45, 7) is 0. The van der Waals surface area contributed by atoms with Crippen LogP contribution in [-0.4, -0.2) is 10.9 Å². The number of hydrogen-bond donors (Lipinski definition) is 1. The Bertz CT molecular complexity index is 521. The first-order valence-electron chi connectivity index (χ1n) is 4.77. The molecule has 2 aromatic carbocycles. The summed E-state index contributed by atoms with van der Waals surface area (Å²) in [7, 11) is 0. The molecule has 2 rings (SSSR count). The molecule has 0 aliphatic carbocycles. The highest BCUT2D eigenvalue weighted by Gasteiger charge is 2.14. The minimum Gasteiger partial charge on any atom is -0.506 e. The molecule has 0 fully saturated rings. The maximum atomic E-state index is 12.0. The van der Waals surface area contributed by atoms with Crippen molar-refractivity contribution in [3.63, 3.8) is 0 Å².